The van der Waals surface area contributed by atoms with Crippen LogP contribution >= 0.6 is 0 Å². The number of aryl methyl sites for hydroxylation is 1. The molecule has 1 saturated heterocycles. The summed E-state index contributed by atoms with van der Waals surface area (Å²) < 4.78 is 7.16. The third kappa shape index (κ3) is 4.73. The summed E-state index contributed by atoms with van der Waals surface area (Å²) in [4.78, 5) is 48.8. The van der Waals surface area contributed by atoms with Crippen LogP contribution in [0.1, 0.15) is 53.9 Å². The molecule has 2 aliphatic carbocycles. The minimum Gasteiger partial charge on any atom is -0.447 e. The zero-order valence-corrected chi connectivity index (χ0v) is 21.4. The second kappa shape index (κ2) is 9.29. The van der Waals surface area contributed by atoms with Crippen LogP contribution in [0.3, 0.4) is 0 Å². The van der Waals surface area contributed by atoms with E-state index in [0.717, 1.165) is 36.3 Å². The van der Waals surface area contributed by atoms with E-state index in [1.54, 1.807) is 17.2 Å². The maximum Gasteiger partial charge on any atom is 0.414 e. The number of aromatic nitrogens is 6. The second-order valence-corrected chi connectivity index (χ2v) is 10.3. The van der Waals surface area contributed by atoms with Crippen molar-refractivity contribution in [2.75, 3.05) is 28.7 Å². The molecule has 0 unspecified atom stereocenters. The van der Waals surface area contributed by atoms with E-state index in [9.17, 15) is 9.59 Å². The maximum atomic E-state index is 12.8. The molecule has 0 spiro atoms. The number of pyridine rings is 1. The van der Waals surface area contributed by atoms with E-state index < -0.39 is 0 Å². The third-order valence-corrected chi connectivity index (χ3v) is 7.34. The van der Waals surface area contributed by atoms with Crippen molar-refractivity contribution in [3.63, 3.8) is 0 Å². The quantitative estimate of drug-likeness (QED) is 0.354. The Balaban J connectivity index is 1.04. The zero-order chi connectivity index (χ0) is 26.5. The molecule has 198 valence electrons. The van der Waals surface area contributed by atoms with Crippen molar-refractivity contribution in [2.24, 2.45) is 5.92 Å². The number of fused-ring (bicyclic) bond motifs is 1. The first-order chi connectivity index (χ1) is 19.0. The van der Waals surface area contributed by atoms with Gasteiger partial charge < -0.3 is 19.8 Å². The first-order valence-corrected chi connectivity index (χ1v) is 13.1. The number of carbonyl (C=O) groups excluding carboxylic acids is 2. The maximum absolute atomic E-state index is 12.8. The molecular formula is C27H27N9O3. The summed E-state index contributed by atoms with van der Waals surface area (Å²) in [6.07, 6.45) is 9.89. The molecule has 3 fully saturated rings. The molecule has 3 aliphatic rings. The van der Waals surface area contributed by atoms with Gasteiger partial charge >= 0.3 is 6.09 Å². The van der Waals surface area contributed by atoms with E-state index in [4.69, 9.17) is 9.72 Å². The zero-order valence-electron chi connectivity index (χ0n) is 21.4. The number of rotatable bonds is 8. The van der Waals surface area contributed by atoms with Gasteiger partial charge in [-0.05, 0) is 49.8 Å². The van der Waals surface area contributed by atoms with Gasteiger partial charge in [0.15, 0.2) is 5.65 Å². The largest absolute Gasteiger partial charge is 0.447 e. The molecule has 12 heteroatoms. The fourth-order valence-electron chi connectivity index (χ4n) is 5.03. The fourth-order valence-corrected chi connectivity index (χ4v) is 5.03. The summed E-state index contributed by atoms with van der Waals surface area (Å²) in [7, 11) is 0. The lowest BCUT2D eigenvalue weighted by molar-refractivity contribution is -0.117. The first kappa shape index (κ1) is 23.5. The molecule has 1 aliphatic heterocycles. The Morgan fingerprint density at radius 3 is 2.79 bits per heavy atom. The molecule has 4 aromatic rings. The van der Waals surface area contributed by atoms with Gasteiger partial charge in [-0.15, -0.1) is 0 Å². The summed E-state index contributed by atoms with van der Waals surface area (Å²) in [5, 5.41) is 6.15. The Morgan fingerprint density at radius 2 is 2.00 bits per heavy atom. The number of imidazole rings is 1. The van der Waals surface area contributed by atoms with Crippen LogP contribution in [0.15, 0.2) is 43.1 Å². The van der Waals surface area contributed by atoms with Crippen LogP contribution < -0.4 is 15.5 Å². The van der Waals surface area contributed by atoms with E-state index in [1.165, 1.54) is 11.9 Å². The van der Waals surface area contributed by atoms with Crippen molar-refractivity contribution in [1.82, 2.24) is 29.3 Å². The number of nitrogens with zero attached hydrogens (tertiary/aromatic N) is 7. The smallest absolute Gasteiger partial charge is 0.414 e. The van der Waals surface area contributed by atoms with E-state index in [-0.39, 0.29) is 23.8 Å². The summed E-state index contributed by atoms with van der Waals surface area (Å²) in [5.74, 6) is 1.99. The first-order valence-electron chi connectivity index (χ1n) is 13.1. The average Bonchev–Trinajstić information content (AvgIpc) is 3.85. The van der Waals surface area contributed by atoms with Crippen molar-refractivity contribution in [2.45, 2.75) is 44.6 Å². The molecule has 12 nitrogen and oxygen atoms in total. The van der Waals surface area contributed by atoms with Crippen molar-refractivity contribution in [3.05, 3.63) is 65.9 Å². The highest BCUT2D eigenvalue weighted by Gasteiger charge is 2.46. The highest BCUT2D eigenvalue weighted by molar-refractivity contribution is 5.95. The van der Waals surface area contributed by atoms with Crippen LogP contribution in [-0.4, -0.2) is 54.5 Å². The highest BCUT2D eigenvalue weighted by atomic mass is 16.6. The van der Waals surface area contributed by atoms with Crippen molar-refractivity contribution >= 4 is 35.0 Å². The highest BCUT2D eigenvalue weighted by Crippen LogP contribution is 2.46. The molecule has 5 heterocycles. The van der Waals surface area contributed by atoms with E-state index in [0.29, 0.717) is 48.7 Å². The average molecular weight is 526 g/mol. The lowest BCUT2D eigenvalue weighted by Crippen LogP contribution is -2.24. The molecule has 2 atom stereocenters. The molecular weight excluding hydrogens is 498 g/mol. The van der Waals surface area contributed by atoms with Crippen molar-refractivity contribution in [3.8, 4) is 0 Å². The van der Waals surface area contributed by atoms with Gasteiger partial charge in [0.05, 0.1) is 24.5 Å². The van der Waals surface area contributed by atoms with Gasteiger partial charge in [-0.3, -0.25) is 9.69 Å². The topological polar surface area (TPSA) is 140 Å². The normalized spacial score (nSPS) is 20.2. The summed E-state index contributed by atoms with van der Waals surface area (Å²) in [6, 6.07) is 5.61. The molecule has 39 heavy (non-hydrogen) atoms. The molecule has 7 rings (SSSR count). The molecule has 2 N–H and O–H groups in total. The lowest BCUT2D eigenvalue weighted by Gasteiger charge is -2.15. The van der Waals surface area contributed by atoms with Crippen molar-refractivity contribution < 1.29 is 14.3 Å². The Bertz CT molecular complexity index is 1600. The molecule has 0 bridgehead atoms. The summed E-state index contributed by atoms with van der Waals surface area (Å²) in [5.41, 5.74) is 4.37. The van der Waals surface area contributed by atoms with Crippen LogP contribution in [0.25, 0.3) is 5.65 Å². The summed E-state index contributed by atoms with van der Waals surface area (Å²) >= 11 is 0. The van der Waals surface area contributed by atoms with E-state index >= 15 is 0 Å². The minimum absolute atomic E-state index is 0.0344. The Hall–Kier alpha value is -4.61. The van der Waals surface area contributed by atoms with Gasteiger partial charge in [-0.1, -0.05) is 0 Å². The number of ether oxygens (including phenoxy) is 1. The Kier molecular flexibility index (Phi) is 5.60. The Morgan fingerprint density at radius 1 is 1.13 bits per heavy atom. The third-order valence-electron chi connectivity index (χ3n) is 7.34. The molecule has 4 aromatic heterocycles. The molecule has 0 aromatic carbocycles. The predicted molar refractivity (Wildman–Crippen MR) is 141 cm³/mol. The Labute approximate surface area is 223 Å². The van der Waals surface area contributed by atoms with E-state index in [1.807, 2.05) is 23.6 Å². The van der Waals surface area contributed by atoms with Gasteiger partial charge in [0.1, 0.15) is 30.4 Å². The number of anilines is 3. The number of carbonyl (C=O) groups is 2. The molecule has 0 radical (unpaired) electrons. The van der Waals surface area contributed by atoms with Crippen LogP contribution in [0.2, 0.25) is 0 Å². The lowest BCUT2D eigenvalue weighted by atomic mass is 10.1. The van der Waals surface area contributed by atoms with Crippen LogP contribution in [0, 0.1) is 12.8 Å². The fraction of sp³-hybridized carbons (Fsp3) is 0.370. The number of amides is 2. The standard InChI is InChI=1S/C27H27N9O3/c1-15-4-5-28-24(32-15)19-9-20(19)26(37)34-23-10-22(30-14-31-23)29-11-18-13-35-12-17(16-2-3-16)8-21(25(35)33-18)36-6-7-39-27(36)38/h4-5,8,10,12-14,16,19-20H,2-3,6-7,9,11H2,1H3,(H2,29,30,31,34,37)/t19-,20-/m0/s1. The number of cyclic esters (lactones) is 1. The minimum atomic E-state index is -0.341. The van der Waals surface area contributed by atoms with Crippen LogP contribution in [-0.2, 0) is 16.1 Å². The van der Waals surface area contributed by atoms with E-state index in [2.05, 4.69) is 42.8 Å². The molecule has 2 amide bonds. The van der Waals surface area contributed by atoms with Gasteiger partial charge in [-0.25, -0.2) is 29.7 Å². The second-order valence-electron chi connectivity index (χ2n) is 10.3. The molecule has 2 saturated carbocycles. The SMILES string of the molecule is Cc1ccnc([C@H]2C[C@@H]2C(=O)Nc2cc(NCc3cn4cc(C5CC5)cc(N5CCOC5=O)c4n3)ncn2)n1. The van der Waals surface area contributed by atoms with Gasteiger partial charge in [0.2, 0.25) is 5.91 Å². The number of nitrogens with one attached hydrogen (secondary N) is 2. The van der Waals surface area contributed by atoms with Gasteiger partial charge in [0.25, 0.3) is 0 Å². The number of hydrogen-bond donors (Lipinski definition) is 2. The van der Waals surface area contributed by atoms with Crippen molar-refractivity contribution in [1.29, 1.82) is 0 Å². The predicted octanol–water partition coefficient (Wildman–Crippen LogP) is 3.41. The van der Waals surface area contributed by atoms with Crippen LogP contribution in [0.4, 0.5) is 22.1 Å². The van der Waals surface area contributed by atoms with Crippen LogP contribution in [0.5, 0.6) is 0 Å². The summed E-state index contributed by atoms with van der Waals surface area (Å²) in [6.45, 7) is 3.21. The van der Waals surface area contributed by atoms with Gasteiger partial charge in [0, 0.05) is 42.2 Å². The number of hydrogen-bond acceptors (Lipinski definition) is 9. The monoisotopic (exact) mass is 525 g/mol. The van der Waals surface area contributed by atoms with Gasteiger partial charge in [-0.2, -0.15) is 0 Å².